The van der Waals surface area contributed by atoms with Crippen molar-refractivity contribution in [1.29, 1.82) is 0 Å². The molecule has 0 radical (unpaired) electrons. The highest BCUT2D eigenvalue weighted by atomic mass is 35.5. The van der Waals surface area contributed by atoms with Crippen LogP contribution in [0.5, 0.6) is 5.75 Å². The van der Waals surface area contributed by atoms with E-state index in [4.69, 9.17) is 16.3 Å². The molecule has 7 nitrogen and oxygen atoms in total. The number of aromatic nitrogens is 1. The molecule has 0 spiro atoms. The van der Waals surface area contributed by atoms with Gasteiger partial charge in [-0.05, 0) is 18.2 Å². The largest absolute Gasteiger partial charge is 0.755 e. The van der Waals surface area contributed by atoms with Gasteiger partial charge in [0, 0.05) is 5.38 Å². The lowest BCUT2D eigenvalue weighted by molar-refractivity contribution is 0.0600. The van der Waals surface area contributed by atoms with Crippen molar-refractivity contribution in [2.45, 2.75) is 0 Å². The van der Waals surface area contributed by atoms with E-state index in [-0.39, 0.29) is 27.3 Å². The highest BCUT2D eigenvalue weighted by Crippen LogP contribution is 2.36. The second-order valence-corrected chi connectivity index (χ2v) is 6.09. The van der Waals surface area contributed by atoms with Gasteiger partial charge in [0.15, 0.2) is 10.3 Å². The zero-order valence-corrected chi connectivity index (χ0v) is 13.8. The highest BCUT2D eigenvalue weighted by Gasteiger charge is 2.20. The van der Waals surface area contributed by atoms with Crippen molar-refractivity contribution in [2.75, 3.05) is 18.5 Å². The molecule has 0 amide bonds. The maximum absolute atomic E-state index is 11.6. The molecule has 0 N–H and O–H groups in total. The van der Waals surface area contributed by atoms with E-state index in [1.807, 2.05) is 0 Å². The summed E-state index contributed by atoms with van der Waals surface area (Å²) >= 11 is 4.19. The van der Waals surface area contributed by atoms with E-state index in [9.17, 15) is 13.6 Å². The van der Waals surface area contributed by atoms with Crippen LogP contribution in [0, 0.1) is 0 Å². The lowest BCUT2D eigenvalue weighted by Gasteiger charge is -2.25. The van der Waals surface area contributed by atoms with Crippen molar-refractivity contribution < 1.29 is 23.0 Å². The zero-order valence-electron chi connectivity index (χ0n) is 11.4. The van der Waals surface area contributed by atoms with Crippen LogP contribution in [0.25, 0.3) is 0 Å². The number of nitrogens with zero attached hydrogens (tertiary/aromatic N) is 2. The summed E-state index contributed by atoms with van der Waals surface area (Å²) in [5, 5.41) is 1.49. The van der Waals surface area contributed by atoms with E-state index in [1.54, 1.807) is 0 Å². The second kappa shape index (κ2) is 7.05. The van der Waals surface area contributed by atoms with Crippen molar-refractivity contribution in [3.05, 3.63) is 33.6 Å². The Morgan fingerprint density at radius 3 is 2.68 bits per heavy atom. The predicted octanol–water partition coefficient (Wildman–Crippen LogP) is 2.52. The molecule has 1 unspecified atom stereocenters. The Kier molecular flexibility index (Phi) is 5.35. The minimum absolute atomic E-state index is 0.132. The zero-order chi connectivity index (χ0) is 16.3. The van der Waals surface area contributed by atoms with Crippen molar-refractivity contribution in [3.8, 4) is 5.75 Å². The normalized spacial score (nSPS) is 11.8. The first kappa shape index (κ1) is 16.7. The Morgan fingerprint density at radius 1 is 1.45 bits per heavy atom. The van der Waals surface area contributed by atoms with Gasteiger partial charge in [-0.3, -0.25) is 4.21 Å². The number of halogens is 1. The van der Waals surface area contributed by atoms with Crippen molar-refractivity contribution in [2.24, 2.45) is 0 Å². The van der Waals surface area contributed by atoms with Crippen LogP contribution in [0.3, 0.4) is 0 Å². The summed E-state index contributed by atoms with van der Waals surface area (Å²) in [7, 11) is 2.61. The monoisotopic (exact) mass is 361 g/mol. The van der Waals surface area contributed by atoms with E-state index >= 15 is 0 Å². The van der Waals surface area contributed by atoms with Gasteiger partial charge in [-0.2, -0.15) is 0 Å². The minimum Gasteiger partial charge on any atom is -0.755 e. The summed E-state index contributed by atoms with van der Waals surface area (Å²) < 4.78 is 34.0. The van der Waals surface area contributed by atoms with Crippen LogP contribution in [0.1, 0.15) is 10.4 Å². The third kappa shape index (κ3) is 3.38. The molecule has 2 aromatic rings. The third-order valence-corrected chi connectivity index (χ3v) is 4.29. The standard InChI is InChI=1S/C12H11ClN2O5S2/c1-19-9-5-7(11(16)20-2)3-4-8(9)15(22(17)18)10-6-21-12(13)14-10/h3-6H,1-2H3,(H,17,18)/p-1. The number of carbonyl (C=O) groups is 1. The van der Waals surface area contributed by atoms with Crippen LogP contribution in [-0.4, -0.2) is 33.9 Å². The van der Waals surface area contributed by atoms with Gasteiger partial charge in [0.25, 0.3) is 0 Å². The van der Waals surface area contributed by atoms with E-state index in [1.165, 1.54) is 37.8 Å². The lowest BCUT2D eigenvalue weighted by Crippen LogP contribution is -2.20. The molecular formula is C12H10ClN2O5S2-. The molecule has 0 saturated carbocycles. The molecule has 0 aliphatic rings. The molecule has 2 rings (SSSR count). The number of rotatable bonds is 5. The fourth-order valence-corrected chi connectivity index (χ4v) is 3.06. The molecule has 0 bridgehead atoms. The maximum Gasteiger partial charge on any atom is 0.337 e. The average molecular weight is 362 g/mol. The van der Waals surface area contributed by atoms with Gasteiger partial charge in [0.2, 0.25) is 0 Å². The van der Waals surface area contributed by atoms with Crippen LogP contribution >= 0.6 is 22.9 Å². The fourth-order valence-electron chi connectivity index (χ4n) is 1.71. The second-order valence-electron chi connectivity index (χ2n) is 3.85. The summed E-state index contributed by atoms with van der Waals surface area (Å²) in [6, 6.07) is 4.24. The Labute approximate surface area is 137 Å². The molecule has 0 aliphatic carbocycles. The van der Waals surface area contributed by atoms with Crippen LogP contribution in [0.15, 0.2) is 23.6 Å². The molecule has 0 saturated heterocycles. The molecule has 0 aliphatic heterocycles. The molecule has 22 heavy (non-hydrogen) atoms. The van der Waals surface area contributed by atoms with E-state index < -0.39 is 17.2 Å². The van der Waals surface area contributed by atoms with Gasteiger partial charge in [-0.15, -0.1) is 11.3 Å². The van der Waals surface area contributed by atoms with E-state index in [2.05, 4.69) is 9.72 Å². The van der Waals surface area contributed by atoms with Crippen LogP contribution in [0.4, 0.5) is 11.5 Å². The van der Waals surface area contributed by atoms with Crippen molar-refractivity contribution in [3.63, 3.8) is 0 Å². The quantitative estimate of drug-likeness (QED) is 0.600. The number of hydrogen-bond acceptors (Lipinski definition) is 7. The van der Waals surface area contributed by atoms with Gasteiger partial charge in [-0.1, -0.05) is 11.6 Å². The van der Waals surface area contributed by atoms with Crippen molar-refractivity contribution >= 4 is 51.7 Å². The highest BCUT2D eigenvalue weighted by molar-refractivity contribution is 7.81. The average Bonchev–Trinajstić information content (AvgIpc) is 2.92. The molecule has 1 aromatic heterocycles. The molecule has 1 atom stereocenters. The van der Waals surface area contributed by atoms with Crippen LogP contribution in [0.2, 0.25) is 4.47 Å². The number of hydrogen-bond donors (Lipinski definition) is 0. The number of carbonyl (C=O) groups excluding carboxylic acids is 1. The van der Waals surface area contributed by atoms with Gasteiger partial charge in [0.1, 0.15) is 5.75 Å². The topological polar surface area (TPSA) is 91.8 Å². The van der Waals surface area contributed by atoms with Crippen LogP contribution in [-0.2, 0) is 16.0 Å². The predicted molar refractivity (Wildman–Crippen MR) is 82.5 cm³/mol. The first-order valence-corrected chi connectivity index (χ1v) is 8.03. The molecule has 1 aromatic carbocycles. The molecular weight excluding hydrogens is 352 g/mol. The third-order valence-electron chi connectivity index (χ3n) is 2.64. The smallest absolute Gasteiger partial charge is 0.337 e. The number of ether oxygens (including phenoxy) is 2. The van der Waals surface area contributed by atoms with E-state index in [0.29, 0.717) is 0 Å². The number of anilines is 2. The van der Waals surface area contributed by atoms with Gasteiger partial charge in [-0.25, -0.2) is 14.1 Å². The summed E-state index contributed by atoms with van der Waals surface area (Å²) in [5.41, 5.74) is 0.432. The summed E-state index contributed by atoms with van der Waals surface area (Å²) in [6.07, 6.45) is 0. The first-order valence-electron chi connectivity index (χ1n) is 5.74. The maximum atomic E-state index is 11.6. The molecule has 118 valence electrons. The molecule has 10 heteroatoms. The summed E-state index contributed by atoms with van der Waals surface area (Å²) in [6.45, 7) is 0. The molecule has 1 heterocycles. The number of methoxy groups -OCH3 is 2. The Hall–Kier alpha value is -1.68. The molecule has 0 fully saturated rings. The van der Waals surface area contributed by atoms with Gasteiger partial charge in [0.05, 0.1) is 36.7 Å². The van der Waals surface area contributed by atoms with E-state index in [0.717, 1.165) is 15.6 Å². The Bertz CT molecular complexity index is 721. The fraction of sp³-hybridized carbons (Fsp3) is 0.167. The van der Waals surface area contributed by atoms with Crippen LogP contribution < -0.4 is 9.04 Å². The summed E-state index contributed by atoms with van der Waals surface area (Å²) in [4.78, 5) is 15.5. The minimum atomic E-state index is -2.65. The SMILES string of the molecule is COC(=O)c1ccc(N(c2csc(Cl)n2)S(=O)[O-])c(OC)c1. The van der Waals surface area contributed by atoms with Crippen molar-refractivity contribution in [1.82, 2.24) is 4.98 Å². The van der Waals surface area contributed by atoms with Gasteiger partial charge < -0.3 is 14.0 Å². The lowest BCUT2D eigenvalue weighted by atomic mass is 10.2. The first-order chi connectivity index (χ1) is 10.5. The summed E-state index contributed by atoms with van der Waals surface area (Å²) in [5.74, 6) is -0.250. The number of benzene rings is 1. The Morgan fingerprint density at radius 2 is 2.18 bits per heavy atom. The number of esters is 1. The number of thiazole rings is 1. The van der Waals surface area contributed by atoms with Gasteiger partial charge >= 0.3 is 5.97 Å². The Balaban J connectivity index is 2.52.